The summed E-state index contributed by atoms with van der Waals surface area (Å²) in [7, 11) is 0. The first-order valence-corrected chi connectivity index (χ1v) is 5.57. The minimum Gasteiger partial charge on any atom is -0.346 e. The van der Waals surface area contributed by atoms with Gasteiger partial charge in [0.2, 0.25) is 0 Å². The normalized spacial score (nSPS) is 13.3. The zero-order valence-corrected chi connectivity index (χ0v) is 10.1. The van der Waals surface area contributed by atoms with Crippen molar-refractivity contribution in [2.45, 2.75) is 26.4 Å². The van der Waals surface area contributed by atoms with Crippen LogP contribution in [-0.4, -0.2) is 10.6 Å². The third kappa shape index (κ3) is 1.93. The number of rotatable bonds is 2. The molecule has 2 nitrogen and oxygen atoms in total. The van der Waals surface area contributed by atoms with E-state index in [9.17, 15) is 4.39 Å². The van der Waals surface area contributed by atoms with Gasteiger partial charge in [-0.05, 0) is 31.5 Å². The van der Waals surface area contributed by atoms with E-state index in [-0.39, 0.29) is 16.9 Å². The number of benzene rings is 1. The van der Waals surface area contributed by atoms with Gasteiger partial charge in [0.1, 0.15) is 5.82 Å². The zero-order chi connectivity index (χ0) is 11.9. The molecular weight excluding hydrogens is 227 g/mol. The summed E-state index contributed by atoms with van der Waals surface area (Å²) in [4.78, 5) is 0. The molecule has 1 aromatic carbocycles. The molecule has 0 bridgehead atoms. The van der Waals surface area contributed by atoms with Crippen molar-refractivity contribution >= 4 is 22.5 Å². The smallest absolute Gasteiger partial charge is 0.142 e. The first-order valence-electron chi connectivity index (χ1n) is 5.19. The minimum absolute atomic E-state index is 0.0545. The molecule has 0 fully saturated rings. The molecule has 0 radical (unpaired) electrons. The van der Waals surface area contributed by atoms with Crippen molar-refractivity contribution in [2.75, 3.05) is 0 Å². The molecule has 0 spiro atoms. The molecule has 4 heteroatoms. The van der Waals surface area contributed by atoms with Gasteiger partial charge in [-0.1, -0.05) is 11.6 Å². The average Bonchev–Trinajstić information content (AvgIpc) is 2.44. The molecule has 2 N–H and O–H groups in total. The molecule has 0 saturated heterocycles. The summed E-state index contributed by atoms with van der Waals surface area (Å²) in [5.74, 6) is -0.379. The van der Waals surface area contributed by atoms with Crippen molar-refractivity contribution in [2.24, 2.45) is 5.73 Å². The second kappa shape index (κ2) is 4.07. The highest BCUT2D eigenvalue weighted by atomic mass is 35.5. The molecule has 2 rings (SSSR count). The Labute approximate surface area is 98.8 Å². The number of aryl methyl sites for hydroxylation is 1. The second-order valence-electron chi connectivity index (χ2n) is 4.23. The summed E-state index contributed by atoms with van der Waals surface area (Å²) < 4.78 is 15.3. The van der Waals surface area contributed by atoms with Gasteiger partial charge in [-0.2, -0.15) is 0 Å². The summed E-state index contributed by atoms with van der Waals surface area (Å²) in [5.41, 5.74) is 7.73. The fourth-order valence-electron chi connectivity index (χ4n) is 1.92. The first-order chi connectivity index (χ1) is 7.49. The van der Waals surface area contributed by atoms with Gasteiger partial charge < -0.3 is 10.3 Å². The first kappa shape index (κ1) is 11.4. The maximum Gasteiger partial charge on any atom is 0.142 e. The van der Waals surface area contributed by atoms with E-state index < -0.39 is 0 Å². The monoisotopic (exact) mass is 240 g/mol. The summed E-state index contributed by atoms with van der Waals surface area (Å²) >= 11 is 5.79. The third-order valence-electron chi connectivity index (χ3n) is 2.61. The molecule has 1 unspecified atom stereocenters. The zero-order valence-electron chi connectivity index (χ0n) is 9.30. The van der Waals surface area contributed by atoms with Crippen LogP contribution in [0.1, 0.15) is 12.5 Å². The van der Waals surface area contributed by atoms with E-state index in [2.05, 4.69) is 0 Å². The number of fused-ring (bicyclic) bond motifs is 1. The Morgan fingerprint density at radius 1 is 1.50 bits per heavy atom. The minimum atomic E-state index is -0.379. The van der Waals surface area contributed by atoms with Crippen LogP contribution in [0.15, 0.2) is 18.3 Å². The number of hydrogen-bond acceptors (Lipinski definition) is 1. The Bertz CT molecular complexity index is 531. The molecule has 2 aromatic rings. The lowest BCUT2D eigenvalue weighted by Gasteiger charge is -2.08. The molecule has 0 aliphatic rings. The summed E-state index contributed by atoms with van der Waals surface area (Å²) in [6.45, 7) is 4.59. The molecule has 86 valence electrons. The van der Waals surface area contributed by atoms with Crippen LogP contribution in [0.5, 0.6) is 0 Å². The van der Waals surface area contributed by atoms with Crippen molar-refractivity contribution in [3.63, 3.8) is 0 Å². The molecule has 16 heavy (non-hydrogen) atoms. The summed E-state index contributed by atoms with van der Waals surface area (Å²) in [5, 5.41) is 1.04. The fraction of sp³-hybridized carbons (Fsp3) is 0.333. The van der Waals surface area contributed by atoms with Crippen LogP contribution in [0.4, 0.5) is 4.39 Å². The van der Waals surface area contributed by atoms with Gasteiger partial charge in [0.15, 0.2) is 0 Å². The Balaban J connectivity index is 2.64. The SMILES string of the molecule is Cc1cn(CC(C)N)c2cc(Cl)c(F)cc12. The van der Waals surface area contributed by atoms with Crippen LogP contribution in [0.25, 0.3) is 10.9 Å². The molecule has 0 amide bonds. The molecule has 1 atom stereocenters. The van der Waals surface area contributed by atoms with Crippen LogP contribution < -0.4 is 5.73 Å². The van der Waals surface area contributed by atoms with Crippen LogP contribution in [0, 0.1) is 12.7 Å². The second-order valence-corrected chi connectivity index (χ2v) is 4.63. The van der Waals surface area contributed by atoms with Crippen LogP contribution in [0.2, 0.25) is 5.02 Å². The lowest BCUT2D eigenvalue weighted by atomic mass is 10.2. The number of hydrogen-bond donors (Lipinski definition) is 1. The quantitative estimate of drug-likeness (QED) is 0.859. The Morgan fingerprint density at radius 2 is 2.19 bits per heavy atom. The Morgan fingerprint density at radius 3 is 2.81 bits per heavy atom. The molecular formula is C12H14ClFN2. The molecule has 1 aromatic heterocycles. The fourth-order valence-corrected chi connectivity index (χ4v) is 2.08. The van der Waals surface area contributed by atoms with Gasteiger partial charge >= 0.3 is 0 Å². The standard InChI is InChI=1S/C12H14ClFN2/c1-7-5-16(6-8(2)15)12-4-10(13)11(14)3-9(7)12/h3-5,8H,6,15H2,1-2H3. The van der Waals surface area contributed by atoms with Crippen LogP contribution in [-0.2, 0) is 6.54 Å². The van der Waals surface area contributed by atoms with Crippen LogP contribution >= 0.6 is 11.6 Å². The predicted molar refractivity (Wildman–Crippen MR) is 65.3 cm³/mol. The van der Waals surface area contributed by atoms with Crippen molar-refractivity contribution in [3.8, 4) is 0 Å². The largest absolute Gasteiger partial charge is 0.346 e. The third-order valence-corrected chi connectivity index (χ3v) is 2.90. The van der Waals surface area contributed by atoms with Gasteiger partial charge in [0.05, 0.1) is 10.5 Å². The van der Waals surface area contributed by atoms with Gasteiger partial charge in [-0.3, -0.25) is 0 Å². The molecule has 0 saturated carbocycles. The predicted octanol–water partition coefficient (Wildman–Crippen LogP) is 3.09. The van der Waals surface area contributed by atoms with Crippen molar-refractivity contribution in [1.29, 1.82) is 0 Å². The van der Waals surface area contributed by atoms with Gasteiger partial charge in [0.25, 0.3) is 0 Å². The number of nitrogens with two attached hydrogens (primary N) is 1. The highest BCUT2D eigenvalue weighted by molar-refractivity contribution is 6.31. The van der Waals surface area contributed by atoms with E-state index in [1.807, 2.05) is 24.6 Å². The van der Waals surface area contributed by atoms with E-state index in [1.165, 1.54) is 6.07 Å². The number of aromatic nitrogens is 1. The van der Waals surface area contributed by atoms with E-state index in [0.29, 0.717) is 6.54 Å². The Hall–Kier alpha value is -1.06. The van der Waals surface area contributed by atoms with Gasteiger partial charge in [-0.25, -0.2) is 4.39 Å². The average molecular weight is 241 g/mol. The van der Waals surface area contributed by atoms with Crippen molar-refractivity contribution < 1.29 is 4.39 Å². The summed E-state index contributed by atoms with van der Waals surface area (Å²) in [6, 6.07) is 3.19. The molecule has 1 heterocycles. The topological polar surface area (TPSA) is 30.9 Å². The lowest BCUT2D eigenvalue weighted by Crippen LogP contribution is -2.21. The summed E-state index contributed by atoms with van der Waals surface area (Å²) in [6.07, 6.45) is 1.98. The maximum atomic E-state index is 13.3. The molecule has 0 aliphatic carbocycles. The van der Waals surface area contributed by atoms with E-state index in [1.54, 1.807) is 6.07 Å². The van der Waals surface area contributed by atoms with Gasteiger partial charge in [0, 0.05) is 24.2 Å². The van der Waals surface area contributed by atoms with Crippen molar-refractivity contribution in [3.05, 3.63) is 34.7 Å². The lowest BCUT2D eigenvalue weighted by molar-refractivity contribution is 0.604. The number of halogens is 2. The van der Waals surface area contributed by atoms with E-state index in [4.69, 9.17) is 17.3 Å². The highest BCUT2D eigenvalue weighted by Crippen LogP contribution is 2.26. The Kier molecular flexibility index (Phi) is 2.91. The van der Waals surface area contributed by atoms with Gasteiger partial charge in [-0.15, -0.1) is 0 Å². The van der Waals surface area contributed by atoms with E-state index >= 15 is 0 Å². The van der Waals surface area contributed by atoms with E-state index in [0.717, 1.165) is 16.5 Å². The highest BCUT2D eigenvalue weighted by Gasteiger charge is 2.10. The maximum absolute atomic E-state index is 13.3. The van der Waals surface area contributed by atoms with Crippen molar-refractivity contribution in [1.82, 2.24) is 4.57 Å². The van der Waals surface area contributed by atoms with Crippen LogP contribution in [0.3, 0.4) is 0 Å². The molecule has 0 aliphatic heterocycles. The number of nitrogens with zero attached hydrogens (tertiary/aromatic N) is 1.